The van der Waals surface area contributed by atoms with Gasteiger partial charge in [0, 0.05) is 23.9 Å². The Labute approximate surface area is 126 Å². The fourth-order valence-corrected chi connectivity index (χ4v) is 2.14. The number of rotatable bonds is 8. The number of carbonyl (C=O) groups excluding carboxylic acids is 2. The quantitative estimate of drug-likeness (QED) is 0.729. The standard InChI is InChI=1S/C14H17BrO5/c1-19-13-7-9(10(15)8-14(13)20-2)6-12(18)11(17)4-3-5-16/h7-8,16H,3-6H2,1-2H3. The van der Waals surface area contributed by atoms with Crippen LogP contribution in [0.15, 0.2) is 16.6 Å². The van der Waals surface area contributed by atoms with E-state index in [1.807, 2.05) is 0 Å². The molecule has 0 spiro atoms. The molecule has 1 N–H and O–H groups in total. The van der Waals surface area contributed by atoms with E-state index in [9.17, 15) is 9.59 Å². The van der Waals surface area contributed by atoms with Crippen molar-refractivity contribution in [3.8, 4) is 11.5 Å². The molecule has 0 aliphatic heterocycles. The van der Waals surface area contributed by atoms with E-state index in [1.165, 1.54) is 14.2 Å². The van der Waals surface area contributed by atoms with Gasteiger partial charge in [0.05, 0.1) is 14.2 Å². The highest BCUT2D eigenvalue weighted by Crippen LogP contribution is 2.33. The highest BCUT2D eigenvalue weighted by Gasteiger charge is 2.17. The Bertz CT molecular complexity index is 499. The van der Waals surface area contributed by atoms with Gasteiger partial charge in [-0.1, -0.05) is 15.9 Å². The Morgan fingerprint density at radius 2 is 1.75 bits per heavy atom. The first kappa shape index (κ1) is 16.7. The number of aliphatic hydroxyl groups is 1. The topological polar surface area (TPSA) is 72.8 Å². The van der Waals surface area contributed by atoms with E-state index < -0.39 is 11.6 Å². The molecular weight excluding hydrogens is 328 g/mol. The van der Waals surface area contributed by atoms with E-state index in [-0.39, 0.29) is 19.4 Å². The molecule has 0 aliphatic rings. The maximum absolute atomic E-state index is 11.8. The lowest BCUT2D eigenvalue weighted by atomic mass is 10.0. The van der Waals surface area contributed by atoms with Gasteiger partial charge in [-0.05, 0) is 24.1 Å². The largest absolute Gasteiger partial charge is 0.493 e. The third-order valence-electron chi connectivity index (χ3n) is 2.78. The van der Waals surface area contributed by atoms with Gasteiger partial charge < -0.3 is 14.6 Å². The van der Waals surface area contributed by atoms with E-state index in [2.05, 4.69) is 15.9 Å². The average Bonchev–Trinajstić information content (AvgIpc) is 2.45. The van der Waals surface area contributed by atoms with Crippen LogP contribution >= 0.6 is 15.9 Å². The van der Waals surface area contributed by atoms with Gasteiger partial charge in [-0.2, -0.15) is 0 Å². The molecule has 0 aromatic heterocycles. The Hall–Kier alpha value is -1.40. The van der Waals surface area contributed by atoms with Crippen molar-refractivity contribution in [2.45, 2.75) is 19.3 Å². The van der Waals surface area contributed by atoms with Gasteiger partial charge in [-0.3, -0.25) is 9.59 Å². The molecular formula is C14H17BrO5. The average molecular weight is 345 g/mol. The van der Waals surface area contributed by atoms with Crippen molar-refractivity contribution in [2.75, 3.05) is 20.8 Å². The van der Waals surface area contributed by atoms with Crippen molar-refractivity contribution >= 4 is 27.5 Å². The number of aliphatic hydroxyl groups excluding tert-OH is 1. The van der Waals surface area contributed by atoms with E-state index in [1.54, 1.807) is 12.1 Å². The molecule has 0 atom stereocenters. The second-order valence-electron chi connectivity index (χ2n) is 4.15. The number of Topliss-reactive ketones (excluding diaryl/α,β-unsaturated/α-hetero) is 2. The Morgan fingerprint density at radius 1 is 1.15 bits per heavy atom. The summed E-state index contributed by atoms with van der Waals surface area (Å²) in [6.45, 7) is -0.0981. The molecule has 0 saturated heterocycles. The first-order chi connectivity index (χ1) is 9.53. The molecule has 5 nitrogen and oxygen atoms in total. The third kappa shape index (κ3) is 4.31. The molecule has 0 fully saturated rings. The Balaban J connectivity index is 2.87. The van der Waals surface area contributed by atoms with Crippen molar-refractivity contribution < 1.29 is 24.2 Å². The minimum atomic E-state index is -0.480. The third-order valence-corrected chi connectivity index (χ3v) is 3.51. The van der Waals surface area contributed by atoms with Crippen LogP contribution in [0.4, 0.5) is 0 Å². The van der Waals surface area contributed by atoms with Gasteiger partial charge in [0.1, 0.15) is 0 Å². The van der Waals surface area contributed by atoms with Gasteiger partial charge >= 0.3 is 0 Å². The molecule has 0 aliphatic carbocycles. The SMILES string of the molecule is COc1cc(Br)c(CC(=O)C(=O)CCCO)cc1OC. The molecule has 1 aromatic rings. The minimum absolute atomic E-state index is 0.00873. The lowest BCUT2D eigenvalue weighted by Gasteiger charge is -2.11. The summed E-state index contributed by atoms with van der Waals surface area (Å²) in [5.41, 5.74) is 0.657. The highest BCUT2D eigenvalue weighted by molar-refractivity contribution is 9.10. The van der Waals surface area contributed by atoms with Crippen LogP contribution in [0.3, 0.4) is 0 Å². The second kappa shape index (κ2) is 8.01. The summed E-state index contributed by atoms with van der Waals surface area (Å²) < 4.78 is 11.0. The lowest BCUT2D eigenvalue weighted by molar-refractivity contribution is -0.136. The lowest BCUT2D eigenvalue weighted by Crippen LogP contribution is -2.17. The fourth-order valence-electron chi connectivity index (χ4n) is 1.68. The minimum Gasteiger partial charge on any atom is -0.493 e. The van der Waals surface area contributed by atoms with Crippen LogP contribution in [0.2, 0.25) is 0 Å². The normalized spacial score (nSPS) is 10.2. The molecule has 110 valence electrons. The summed E-state index contributed by atoms with van der Waals surface area (Å²) in [6.07, 6.45) is 0.364. The van der Waals surface area contributed by atoms with Crippen LogP contribution in [0.25, 0.3) is 0 Å². The number of benzene rings is 1. The van der Waals surface area contributed by atoms with Crippen LogP contribution in [-0.2, 0) is 16.0 Å². The molecule has 0 saturated carbocycles. The molecule has 1 rings (SSSR count). The van der Waals surface area contributed by atoms with Gasteiger partial charge in [0.15, 0.2) is 17.3 Å². The highest BCUT2D eigenvalue weighted by atomic mass is 79.9. The maximum atomic E-state index is 11.8. The molecule has 6 heteroatoms. The van der Waals surface area contributed by atoms with Crippen LogP contribution in [0.1, 0.15) is 18.4 Å². The predicted molar refractivity (Wildman–Crippen MR) is 77.3 cm³/mol. The smallest absolute Gasteiger partial charge is 0.202 e. The summed E-state index contributed by atoms with van der Waals surface area (Å²) in [5, 5.41) is 8.66. The fraction of sp³-hybridized carbons (Fsp3) is 0.429. The van der Waals surface area contributed by atoms with E-state index in [4.69, 9.17) is 14.6 Å². The number of hydrogen-bond donors (Lipinski definition) is 1. The van der Waals surface area contributed by atoms with Gasteiger partial charge in [-0.15, -0.1) is 0 Å². The van der Waals surface area contributed by atoms with Crippen molar-refractivity contribution in [3.05, 3.63) is 22.2 Å². The zero-order valence-electron chi connectivity index (χ0n) is 11.4. The van der Waals surface area contributed by atoms with Gasteiger partial charge in [0.25, 0.3) is 0 Å². The van der Waals surface area contributed by atoms with E-state index >= 15 is 0 Å². The number of ketones is 2. The van der Waals surface area contributed by atoms with Gasteiger partial charge in [-0.25, -0.2) is 0 Å². The van der Waals surface area contributed by atoms with E-state index in [0.29, 0.717) is 28.0 Å². The predicted octanol–water partition coefficient (Wildman–Crippen LogP) is 1.92. The van der Waals surface area contributed by atoms with Crippen molar-refractivity contribution in [2.24, 2.45) is 0 Å². The number of halogens is 1. The first-order valence-electron chi connectivity index (χ1n) is 6.10. The number of ether oxygens (including phenoxy) is 2. The van der Waals surface area contributed by atoms with Crippen molar-refractivity contribution in [1.82, 2.24) is 0 Å². The summed E-state index contributed by atoms with van der Waals surface area (Å²) in [7, 11) is 3.03. The van der Waals surface area contributed by atoms with Gasteiger partial charge in [0.2, 0.25) is 5.78 Å². The van der Waals surface area contributed by atoms with Crippen LogP contribution in [0.5, 0.6) is 11.5 Å². The van der Waals surface area contributed by atoms with Crippen LogP contribution in [0, 0.1) is 0 Å². The summed E-state index contributed by atoms with van der Waals surface area (Å²) >= 11 is 3.34. The molecule has 0 amide bonds. The zero-order chi connectivity index (χ0) is 15.1. The molecule has 0 radical (unpaired) electrons. The molecule has 0 unspecified atom stereocenters. The first-order valence-corrected chi connectivity index (χ1v) is 6.90. The van der Waals surface area contributed by atoms with E-state index in [0.717, 1.165) is 0 Å². The second-order valence-corrected chi connectivity index (χ2v) is 5.00. The summed E-state index contributed by atoms with van der Waals surface area (Å²) in [5.74, 6) is 0.0931. The van der Waals surface area contributed by atoms with Crippen LogP contribution < -0.4 is 9.47 Å². The maximum Gasteiger partial charge on any atom is 0.202 e. The molecule has 0 heterocycles. The van der Waals surface area contributed by atoms with Crippen LogP contribution in [-0.4, -0.2) is 37.5 Å². The molecule has 1 aromatic carbocycles. The monoisotopic (exact) mass is 344 g/mol. The Morgan fingerprint density at radius 3 is 2.30 bits per heavy atom. The number of carbonyl (C=O) groups is 2. The zero-order valence-corrected chi connectivity index (χ0v) is 13.0. The number of methoxy groups -OCH3 is 2. The summed E-state index contributed by atoms with van der Waals surface area (Å²) in [4.78, 5) is 23.4. The molecule has 0 bridgehead atoms. The Kier molecular flexibility index (Phi) is 6.67. The van der Waals surface area contributed by atoms with Crippen molar-refractivity contribution in [3.63, 3.8) is 0 Å². The van der Waals surface area contributed by atoms with Crippen molar-refractivity contribution in [1.29, 1.82) is 0 Å². The molecule has 20 heavy (non-hydrogen) atoms. The summed E-state index contributed by atoms with van der Waals surface area (Å²) in [6, 6.07) is 3.36. The number of hydrogen-bond acceptors (Lipinski definition) is 5.